The van der Waals surface area contributed by atoms with Crippen molar-refractivity contribution in [1.82, 2.24) is 14.6 Å². The second kappa shape index (κ2) is 15.4. The topological polar surface area (TPSA) is 87.4 Å². The van der Waals surface area contributed by atoms with E-state index in [1.165, 1.54) is 7.11 Å². The number of methoxy groups -OCH3 is 1. The van der Waals surface area contributed by atoms with Crippen LogP contribution in [0.1, 0.15) is 71.2 Å². The van der Waals surface area contributed by atoms with Gasteiger partial charge < -0.3 is 23.8 Å². The fourth-order valence-electron chi connectivity index (χ4n) is 6.33. The zero-order valence-corrected chi connectivity index (χ0v) is 31.0. The molecule has 1 aliphatic heterocycles. The Bertz CT molecular complexity index is 1850. The molecule has 9 nitrogen and oxygen atoms in total. The van der Waals surface area contributed by atoms with Gasteiger partial charge in [-0.1, -0.05) is 42.0 Å². The van der Waals surface area contributed by atoms with E-state index in [0.29, 0.717) is 53.8 Å². The van der Waals surface area contributed by atoms with E-state index in [1.807, 2.05) is 87.7 Å². The molecule has 0 bridgehead atoms. The Morgan fingerprint density at radius 2 is 1.80 bits per heavy atom. The number of halogens is 1. The highest BCUT2D eigenvalue weighted by Crippen LogP contribution is 2.40. The van der Waals surface area contributed by atoms with Gasteiger partial charge in [-0.3, -0.25) is 0 Å². The Labute approximate surface area is 300 Å². The average Bonchev–Trinajstić information content (AvgIpc) is 3.49. The van der Waals surface area contributed by atoms with Crippen LogP contribution in [0.2, 0.25) is 5.02 Å². The first-order chi connectivity index (χ1) is 23.8. The van der Waals surface area contributed by atoms with Gasteiger partial charge in [0, 0.05) is 47.4 Å². The molecule has 1 fully saturated rings. The molecule has 50 heavy (non-hydrogen) atoms. The Kier molecular flexibility index (Phi) is 11.4. The molecule has 2 unspecified atom stereocenters. The van der Waals surface area contributed by atoms with Crippen molar-refractivity contribution >= 4 is 29.0 Å². The summed E-state index contributed by atoms with van der Waals surface area (Å²) in [6.07, 6.45) is 4.81. The summed E-state index contributed by atoms with van der Waals surface area (Å²) >= 11 is 6.39. The minimum atomic E-state index is -1.01. The fraction of sp³-hybridized carbons (Fsp3) is 0.425. The van der Waals surface area contributed by atoms with Crippen LogP contribution in [0, 0.1) is 6.92 Å². The minimum Gasteiger partial charge on any atom is -0.490 e. The first kappa shape index (κ1) is 37.1. The number of aromatic nitrogens is 3. The summed E-state index contributed by atoms with van der Waals surface area (Å²) in [6, 6.07) is 15.8. The molecule has 0 N–H and O–H groups in total. The lowest BCUT2D eigenvalue weighted by Gasteiger charge is -2.41. The molecule has 2 atom stereocenters. The molecule has 0 amide bonds. The van der Waals surface area contributed by atoms with Crippen LogP contribution >= 0.6 is 11.6 Å². The van der Waals surface area contributed by atoms with Crippen molar-refractivity contribution in [3.05, 3.63) is 90.1 Å². The maximum absolute atomic E-state index is 13.4. The number of nitrogens with zero attached hydrogens (tertiary/aromatic N) is 4. The van der Waals surface area contributed by atoms with Crippen LogP contribution in [0.4, 0.5) is 5.82 Å². The molecule has 0 radical (unpaired) electrons. The third-order valence-corrected chi connectivity index (χ3v) is 9.10. The number of carbonyl (C=O) groups is 1. The third kappa shape index (κ3) is 8.40. The molecule has 4 aromatic rings. The quantitative estimate of drug-likeness (QED) is 0.101. The van der Waals surface area contributed by atoms with Crippen molar-refractivity contribution in [1.29, 1.82) is 0 Å². The number of carbonyl (C=O) groups excluding carboxylic acids is 1. The summed E-state index contributed by atoms with van der Waals surface area (Å²) in [4.78, 5) is 20.6. The van der Waals surface area contributed by atoms with Crippen molar-refractivity contribution in [2.24, 2.45) is 0 Å². The van der Waals surface area contributed by atoms with Gasteiger partial charge in [0.1, 0.15) is 11.6 Å². The average molecular weight is 701 g/mol. The molecule has 0 spiro atoms. The van der Waals surface area contributed by atoms with Gasteiger partial charge in [-0.15, -0.1) is 13.2 Å². The first-order valence-electron chi connectivity index (χ1n) is 17.1. The summed E-state index contributed by atoms with van der Waals surface area (Å²) in [5.74, 6) is 0.958. The van der Waals surface area contributed by atoms with Crippen LogP contribution in [-0.2, 0) is 19.0 Å². The Morgan fingerprint density at radius 3 is 2.46 bits per heavy atom. The maximum atomic E-state index is 13.4. The number of piperidine rings is 1. The molecule has 266 valence electrons. The first-order valence-corrected chi connectivity index (χ1v) is 17.5. The van der Waals surface area contributed by atoms with Gasteiger partial charge in [0.25, 0.3) is 0 Å². The highest BCUT2D eigenvalue weighted by Gasteiger charge is 2.38. The third-order valence-electron chi connectivity index (χ3n) is 8.86. The van der Waals surface area contributed by atoms with Crippen LogP contribution in [0.15, 0.2) is 73.8 Å². The molecule has 0 saturated carbocycles. The zero-order valence-electron chi connectivity index (χ0n) is 30.3. The van der Waals surface area contributed by atoms with Crippen LogP contribution in [-0.4, -0.2) is 64.7 Å². The largest absolute Gasteiger partial charge is 0.490 e. The Morgan fingerprint density at radius 1 is 1.08 bits per heavy atom. The van der Waals surface area contributed by atoms with Gasteiger partial charge in [0.2, 0.25) is 0 Å². The number of anilines is 1. The summed E-state index contributed by atoms with van der Waals surface area (Å²) in [6.45, 7) is 21.3. The highest BCUT2D eigenvalue weighted by atomic mass is 35.5. The van der Waals surface area contributed by atoms with Gasteiger partial charge in [0.15, 0.2) is 11.8 Å². The van der Waals surface area contributed by atoms with Crippen LogP contribution < -0.4 is 9.64 Å². The van der Waals surface area contributed by atoms with Crippen LogP contribution in [0.25, 0.3) is 28.0 Å². The van der Waals surface area contributed by atoms with E-state index in [2.05, 4.69) is 31.0 Å². The molecule has 0 aliphatic carbocycles. The molecule has 3 heterocycles. The summed E-state index contributed by atoms with van der Waals surface area (Å²) in [7, 11) is 1.38. The smallest absolute Gasteiger partial charge is 0.339 e. The lowest BCUT2D eigenvalue weighted by atomic mass is 9.92. The van der Waals surface area contributed by atoms with Gasteiger partial charge in [-0.2, -0.15) is 9.61 Å². The van der Waals surface area contributed by atoms with Crippen LogP contribution in [0.5, 0.6) is 5.75 Å². The number of hydrogen-bond donors (Lipinski definition) is 0. The minimum absolute atomic E-state index is 0.0643. The number of esters is 1. The molecule has 2 aromatic carbocycles. The highest BCUT2D eigenvalue weighted by molar-refractivity contribution is 6.30. The van der Waals surface area contributed by atoms with Crippen molar-refractivity contribution < 1.29 is 23.7 Å². The molecule has 5 rings (SSSR count). The predicted octanol–water partition coefficient (Wildman–Crippen LogP) is 8.96. The number of ether oxygens (including phenoxy) is 4. The van der Waals surface area contributed by atoms with E-state index < -0.39 is 17.7 Å². The second-order valence-electron chi connectivity index (χ2n) is 14.1. The van der Waals surface area contributed by atoms with Gasteiger partial charge in [-0.25, -0.2) is 9.78 Å². The molecule has 1 saturated heterocycles. The summed E-state index contributed by atoms with van der Waals surface area (Å²) < 4.78 is 26.0. The maximum Gasteiger partial charge on any atom is 0.339 e. The lowest BCUT2D eigenvalue weighted by Crippen LogP contribution is -2.45. The normalized spacial score (nSPS) is 15.8. The van der Waals surface area contributed by atoms with Crippen molar-refractivity contribution in [2.75, 3.05) is 31.7 Å². The number of fused-ring (bicyclic) bond motifs is 1. The van der Waals surface area contributed by atoms with E-state index in [-0.39, 0.29) is 11.7 Å². The standard InChI is InChI=1S/C40H49ClN4O5/c1-10-13-26(3)49-33-24-30(41)16-17-31(33)28-14-12-15-29(23-28)32-25-34-42-27(4)35(36(38(46)47-9)50-39(5,6)7)37(45(34)43-32)44-20-18-40(8,19-21-44)48-22-11-2/h10-12,14-17,23-26,36H,1-2,13,18-22H2,3-9H3. The number of aryl methyl sites for hydroxylation is 1. The van der Waals surface area contributed by atoms with E-state index in [4.69, 9.17) is 40.6 Å². The molecule has 2 aromatic heterocycles. The predicted molar refractivity (Wildman–Crippen MR) is 200 cm³/mol. The SMILES string of the molecule is C=CCOC1(C)CCN(c2c(C(OC(C)(C)C)C(=O)OC)c(C)nc3cc(-c4cccc(-c5ccc(Cl)cc5OC(C)CC=C)c4)nn23)CC1. The summed E-state index contributed by atoms with van der Waals surface area (Å²) in [5.41, 5.74) is 4.54. The number of benzene rings is 2. The lowest BCUT2D eigenvalue weighted by molar-refractivity contribution is -0.164. The number of rotatable bonds is 13. The monoisotopic (exact) mass is 700 g/mol. The van der Waals surface area contributed by atoms with E-state index >= 15 is 0 Å². The summed E-state index contributed by atoms with van der Waals surface area (Å²) in [5, 5.41) is 5.75. The Hall–Kier alpha value is -4.18. The number of hydrogen-bond acceptors (Lipinski definition) is 8. The molecule has 1 aliphatic rings. The van der Waals surface area contributed by atoms with E-state index in [0.717, 1.165) is 41.0 Å². The fourth-order valence-corrected chi connectivity index (χ4v) is 6.49. The Balaban J connectivity index is 1.64. The molecular weight excluding hydrogens is 652 g/mol. The second-order valence-corrected chi connectivity index (χ2v) is 14.5. The van der Waals surface area contributed by atoms with E-state index in [9.17, 15) is 4.79 Å². The molecular formula is C40H49ClN4O5. The van der Waals surface area contributed by atoms with Gasteiger partial charge in [0.05, 0.1) is 42.3 Å². The van der Waals surface area contributed by atoms with Crippen molar-refractivity contribution in [3.63, 3.8) is 0 Å². The van der Waals surface area contributed by atoms with Gasteiger partial charge in [-0.05, 0) is 84.2 Å². The molecule has 10 heteroatoms. The van der Waals surface area contributed by atoms with Crippen molar-refractivity contribution in [2.45, 2.75) is 84.2 Å². The van der Waals surface area contributed by atoms with Gasteiger partial charge >= 0.3 is 5.97 Å². The zero-order chi connectivity index (χ0) is 36.2. The van der Waals surface area contributed by atoms with Crippen molar-refractivity contribution in [3.8, 4) is 28.1 Å². The van der Waals surface area contributed by atoms with Crippen LogP contribution in [0.3, 0.4) is 0 Å². The van der Waals surface area contributed by atoms with E-state index in [1.54, 1.807) is 6.08 Å².